The molecule has 0 aliphatic carbocycles. The average Bonchev–Trinajstić information content (AvgIpc) is 2.73. The van der Waals surface area contributed by atoms with Gasteiger partial charge in [-0.05, 0) is 54.8 Å². The third-order valence-electron chi connectivity index (χ3n) is 5.07. The number of rotatable bonds is 6. The van der Waals surface area contributed by atoms with Crippen molar-refractivity contribution in [2.75, 3.05) is 19.0 Å². The van der Waals surface area contributed by atoms with Crippen LogP contribution in [-0.2, 0) is 0 Å². The van der Waals surface area contributed by atoms with Crippen LogP contribution >= 0.6 is 0 Å². The number of carbonyl (C=O) groups is 2. The molecule has 5 nitrogen and oxygen atoms in total. The molecule has 5 heteroatoms. The van der Waals surface area contributed by atoms with E-state index in [4.69, 9.17) is 0 Å². The van der Waals surface area contributed by atoms with Crippen LogP contribution in [0.15, 0.2) is 72.8 Å². The van der Waals surface area contributed by atoms with Crippen molar-refractivity contribution in [1.29, 1.82) is 0 Å². The molecule has 0 aliphatic rings. The number of amides is 2. The molecule has 0 unspecified atom stereocenters. The second-order valence-corrected chi connectivity index (χ2v) is 7.50. The highest BCUT2D eigenvalue weighted by molar-refractivity contribution is 5.98. The molecule has 0 spiro atoms. The molecule has 0 atom stereocenters. The maximum Gasteiger partial charge on any atom is 0.253 e. The molecule has 3 aromatic carbocycles. The minimum atomic E-state index is -0.666. The SMILES string of the molecule is Cc1ccccc1C(=O)NC(NC(=O)c1ccccc1C)c1ccc(N(C)C)cc1. The minimum absolute atomic E-state index is 0.236. The normalized spacial score (nSPS) is 10.6. The molecule has 154 valence electrons. The van der Waals surface area contributed by atoms with Crippen molar-refractivity contribution in [2.45, 2.75) is 20.0 Å². The highest BCUT2D eigenvalue weighted by atomic mass is 16.2. The van der Waals surface area contributed by atoms with Crippen LogP contribution in [0.5, 0.6) is 0 Å². The zero-order valence-electron chi connectivity index (χ0n) is 17.8. The summed E-state index contributed by atoms with van der Waals surface area (Å²) in [6.07, 6.45) is -0.666. The van der Waals surface area contributed by atoms with Crippen molar-refractivity contribution in [3.05, 3.63) is 101 Å². The summed E-state index contributed by atoms with van der Waals surface area (Å²) in [7, 11) is 3.93. The first-order valence-corrected chi connectivity index (χ1v) is 9.87. The first kappa shape index (κ1) is 21.1. The van der Waals surface area contributed by atoms with Crippen LogP contribution in [0.4, 0.5) is 5.69 Å². The van der Waals surface area contributed by atoms with Crippen LogP contribution in [0.25, 0.3) is 0 Å². The summed E-state index contributed by atoms with van der Waals surface area (Å²) in [6.45, 7) is 3.78. The summed E-state index contributed by atoms with van der Waals surface area (Å²) < 4.78 is 0. The van der Waals surface area contributed by atoms with Crippen molar-refractivity contribution in [2.24, 2.45) is 0 Å². The topological polar surface area (TPSA) is 61.4 Å². The van der Waals surface area contributed by atoms with Gasteiger partial charge in [-0.25, -0.2) is 0 Å². The first-order chi connectivity index (χ1) is 14.4. The Labute approximate surface area is 177 Å². The molecule has 2 amide bonds. The zero-order chi connectivity index (χ0) is 21.7. The molecule has 2 N–H and O–H groups in total. The van der Waals surface area contributed by atoms with Crippen molar-refractivity contribution >= 4 is 17.5 Å². The van der Waals surface area contributed by atoms with Crippen LogP contribution < -0.4 is 15.5 Å². The quantitative estimate of drug-likeness (QED) is 0.608. The summed E-state index contributed by atoms with van der Waals surface area (Å²) >= 11 is 0. The van der Waals surface area contributed by atoms with E-state index < -0.39 is 6.17 Å². The van der Waals surface area contributed by atoms with E-state index >= 15 is 0 Å². The van der Waals surface area contributed by atoms with E-state index in [1.807, 2.05) is 93.5 Å². The third-order valence-corrected chi connectivity index (χ3v) is 5.07. The maximum absolute atomic E-state index is 12.9. The molecule has 30 heavy (non-hydrogen) atoms. The average molecular weight is 402 g/mol. The Morgan fingerprint density at radius 3 is 1.53 bits per heavy atom. The van der Waals surface area contributed by atoms with Crippen LogP contribution in [-0.4, -0.2) is 25.9 Å². The molecular weight excluding hydrogens is 374 g/mol. The van der Waals surface area contributed by atoms with Crippen LogP contribution in [0.1, 0.15) is 43.6 Å². The van der Waals surface area contributed by atoms with Crippen molar-refractivity contribution < 1.29 is 9.59 Å². The molecule has 0 radical (unpaired) electrons. The molecule has 0 saturated heterocycles. The lowest BCUT2D eigenvalue weighted by Crippen LogP contribution is -2.41. The van der Waals surface area contributed by atoms with E-state index in [0.29, 0.717) is 11.1 Å². The van der Waals surface area contributed by atoms with E-state index in [0.717, 1.165) is 22.4 Å². The van der Waals surface area contributed by atoms with Crippen LogP contribution in [0.3, 0.4) is 0 Å². The summed E-state index contributed by atoms with van der Waals surface area (Å²) in [5.41, 5.74) is 4.75. The van der Waals surface area contributed by atoms with Gasteiger partial charge < -0.3 is 15.5 Å². The number of hydrogen-bond donors (Lipinski definition) is 2. The smallest absolute Gasteiger partial charge is 0.253 e. The first-order valence-electron chi connectivity index (χ1n) is 9.87. The molecule has 0 aromatic heterocycles. The molecule has 0 saturated carbocycles. The molecule has 0 aliphatic heterocycles. The van der Waals surface area contributed by atoms with Crippen molar-refractivity contribution in [3.8, 4) is 0 Å². The molecule has 0 bridgehead atoms. The number of nitrogens with one attached hydrogen (secondary N) is 2. The van der Waals surface area contributed by atoms with Crippen LogP contribution in [0, 0.1) is 13.8 Å². The van der Waals surface area contributed by atoms with Gasteiger partial charge in [0, 0.05) is 30.9 Å². The van der Waals surface area contributed by atoms with Gasteiger partial charge in [-0.2, -0.15) is 0 Å². The number of aryl methyl sites for hydroxylation is 2. The Morgan fingerprint density at radius 2 is 1.13 bits per heavy atom. The maximum atomic E-state index is 12.9. The lowest BCUT2D eigenvalue weighted by molar-refractivity contribution is 0.0883. The van der Waals surface area contributed by atoms with E-state index in [9.17, 15) is 9.59 Å². The number of carbonyl (C=O) groups excluding carboxylic acids is 2. The number of hydrogen-bond acceptors (Lipinski definition) is 3. The van der Waals surface area contributed by atoms with Gasteiger partial charge in [0.2, 0.25) is 0 Å². The van der Waals surface area contributed by atoms with Gasteiger partial charge in [0.15, 0.2) is 0 Å². The molecule has 0 fully saturated rings. The molecule has 0 heterocycles. The highest BCUT2D eigenvalue weighted by Crippen LogP contribution is 2.19. The highest BCUT2D eigenvalue weighted by Gasteiger charge is 2.20. The third kappa shape index (κ3) is 4.87. The van der Waals surface area contributed by atoms with E-state index in [1.165, 1.54) is 0 Å². The van der Waals surface area contributed by atoms with Crippen molar-refractivity contribution in [1.82, 2.24) is 10.6 Å². The van der Waals surface area contributed by atoms with Gasteiger partial charge in [-0.1, -0.05) is 48.5 Å². The van der Waals surface area contributed by atoms with E-state index in [1.54, 1.807) is 12.1 Å². The summed E-state index contributed by atoms with van der Waals surface area (Å²) in [4.78, 5) is 27.9. The fourth-order valence-electron chi connectivity index (χ4n) is 3.24. The van der Waals surface area contributed by atoms with Gasteiger partial charge in [-0.3, -0.25) is 9.59 Å². The van der Waals surface area contributed by atoms with E-state index in [2.05, 4.69) is 10.6 Å². The van der Waals surface area contributed by atoms with Gasteiger partial charge in [0.1, 0.15) is 6.17 Å². The second kappa shape index (κ2) is 9.27. The number of nitrogens with zero attached hydrogens (tertiary/aromatic N) is 1. The monoisotopic (exact) mass is 401 g/mol. The molecular formula is C25H27N3O2. The Balaban J connectivity index is 1.90. The van der Waals surface area contributed by atoms with Gasteiger partial charge in [0.05, 0.1) is 0 Å². The fourth-order valence-corrected chi connectivity index (χ4v) is 3.24. The van der Waals surface area contributed by atoms with Gasteiger partial charge in [-0.15, -0.1) is 0 Å². The van der Waals surface area contributed by atoms with E-state index in [-0.39, 0.29) is 11.8 Å². The predicted molar refractivity (Wildman–Crippen MR) is 121 cm³/mol. The fraction of sp³-hybridized carbons (Fsp3) is 0.200. The number of anilines is 1. The Bertz CT molecular complexity index is 983. The van der Waals surface area contributed by atoms with Gasteiger partial charge >= 0.3 is 0 Å². The number of benzene rings is 3. The lowest BCUT2D eigenvalue weighted by Gasteiger charge is -2.23. The summed E-state index contributed by atoms with van der Waals surface area (Å²) in [5, 5.41) is 5.95. The minimum Gasteiger partial charge on any atom is -0.378 e. The molecule has 3 rings (SSSR count). The second-order valence-electron chi connectivity index (χ2n) is 7.50. The summed E-state index contributed by atoms with van der Waals surface area (Å²) in [6, 6.07) is 22.5. The Hall–Kier alpha value is -3.60. The largest absolute Gasteiger partial charge is 0.378 e. The Kier molecular flexibility index (Phi) is 6.52. The standard InChI is InChI=1S/C25H27N3O2/c1-17-9-5-7-11-21(17)24(29)26-23(19-13-15-20(16-14-19)28(3)4)27-25(30)22-12-8-6-10-18(22)2/h5-16,23H,1-4H3,(H,26,29)(H,27,30). The predicted octanol–water partition coefficient (Wildman–Crippen LogP) is 4.23. The zero-order valence-corrected chi connectivity index (χ0v) is 17.8. The van der Waals surface area contributed by atoms with Crippen LogP contribution in [0.2, 0.25) is 0 Å². The molecule has 3 aromatic rings. The lowest BCUT2D eigenvalue weighted by atomic mass is 10.1. The van der Waals surface area contributed by atoms with Crippen molar-refractivity contribution in [3.63, 3.8) is 0 Å². The van der Waals surface area contributed by atoms with Gasteiger partial charge in [0.25, 0.3) is 11.8 Å². The Morgan fingerprint density at radius 1 is 0.700 bits per heavy atom. The summed E-state index contributed by atoms with van der Waals surface area (Å²) in [5.74, 6) is -0.472.